The summed E-state index contributed by atoms with van der Waals surface area (Å²) < 4.78 is 16.8. The van der Waals surface area contributed by atoms with Gasteiger partial charge in [-0.15, -0.1) is 0 Å². The maximum atomic E-state index is 11.6. The van der Waals surface area contributed by atoms with Gasteiger partial charge in [0, 0.05) is 17.0 Å². The number of ether oxygens (including phenoxy) is 3. The van der Waals surface area contributed by atoms with Crippen LogP contribution in [0.3, 0.4) is 0 Å². The van der Waals surface area contributed by atoms with Crippen LogP contribution in [-0.2, 0) is 20.7 Å². The van der Waals surface area contributed by atoms with E-state index in [9.17, 15) is 4.79 Å². The molecule has 0 amide bonds. The zero-order valence-electron chi connectivity index (χ0n) is 11.9. The van der Waals surface area contributed by atoms with Crippen LogP contribution >= 0.6 is 15.9 Å². The normalized spacial score (nSPS) is 12.2. The fraction of sp³-hybridized carbons (Fsp3) is 0.400. The Morgan fingerprint density at radius 1 is 1.45 bits per heavy atom. The molecule has 0 fully saturated rings. The third-order valence-corrected chi connectivity index (χ3v) is 2.86. The number of halogens is 1. The van der Waals surface area contributed by atoms with Gasteiger partial charge in [0.15, 0.2) is 0 Å². The van der Waals surface area contributed by atoms with Gasteiger partial charge >= 0.3 is 5.97 Å². The van der Waals surface area contributed by atoms with Gasteiger partial charge in [0.25, 0.3) is 0 Å². The Morgan fingerprint density at radius 3 is 2.85 bits per heavy atom. The van der Waals surface area contributed by atoms with Crippen LogP contribution in [0, 0.1) is 0 Å². The van der Waals surface area contributed by atoms with E-state index in [1.165, 1.54) is 0 Å². The Kier molecular flexibility index (Phi) is 7.15. The van der Waals surface area contributed by atoms with Gasteiger partial charge in [-0.25, -0.2) is 0 Å². The monoisotopic (exact) mass is 342 g/mol. The molecule has 0 saturated carbocycles. The molecule has 110 valence electrons. The predicted molar refractivity (Wildman–Crippen MR) is 80.5 cm³/mol. The van der Waals surface area contributed by atoms with E-state index in [2.05, 4.69) is 15.9 Å². The zero-order valence-corrected chi connectivity index (χ0v) is 13.5. The van der Waals surface area contributed by atoms with Gasteiger partial charge in [0.2, 0.25) is 6.29 Å². The maximum Gasteiger partial charge on any atom is 0.310 e. The zero-order chi connectivity index (χ0) is 15.0. The molecule has 1 aromatic carbocycles. The number of hydrogen-bond donors (Lipinski definition) is 0. The van der Waals surface area contributed by atoms with Crippen molar-refractivity contribution >= 4 is 21.9 Å². The first-order chi connectivity index (χ1) is 9.56. The summed E-state index contributed by atoms with van der Waals surface area (Å²) >= 11 is 3.38. The summed E-state index contributed by atoms with van der Waals surface area (Å²) in [5.41, 5.74) is 0.766. The van der Waals surface area contributed by atoms with Crippen LogP contribution in [0.4, 0.5) is 0 Å². The number of benzene rings is 1. The molecule has 0 N–H and O–H groups in total. The van der Waals surface area contributed by atoms with Crippen molar-refractivity contribution in [3.8, 4) is 5.75 Å². The standard InChI is InChI=1S/C15H19BrO4/c1-4-8-19-11(3)20-14-10-13(16)7-6-12(14)9-15(17)18-5-2/h4,6-8,10-11H,5,9H2,1-3H3/b8-4-. The van der Waals surface area contributed by atoms with Gasteiger partial charge < -0.3 is 14.2 Å². The Hall–Kier alpha value is -1.49. The SMILES string of the molecule is C/C=C\OC(C)Oc1cc(Br)ccc1CC(=O)OCC. The van der Waals surface area contributed by atoms with Crippen molar-refractivity contribution < 1.29 is 19.0 Å². The average molecular weight is 343 g/mol. The fourth-order valence-corrected chi connectivity index (χ4v) is 1.89. The highest BCUT2D eigenvalue weighted by molar-refractivity contribution is 9.10. The van der Waals surface area contributed by atoms with Gasteiger partial charge in [0.05, 0.1) is 19.3 Å². The molecular weight excluding hydrogens is 324 g/mol. The molecule has 5 heteroatoms. The van der Waals surface area contributed by atoms with Crippen LogP contribution in [0.2, 0.25) is 0 Å². The number of esters is 1. The third-order valence-electron chi connectivity index (χ3n) is 2.37. The summed E-state index contributed by atoms with van der Waals surface area (Å²) in [4.78, 5) is 11.6. The van der Waals surface area contributed by atoms with Crippen molar-refractivity contribution in [1.82, 2.24) is 0 Å². The number of hydrogen-bond acceptors (Lipinski definition) is 4. The molecule has 20 heavy (non-hydrogen) atoms. The molecule has 0 bridgehead atoms. The highest BCUT2D eigenvalue weighted by Gasteiger charge is 2.13. The highest BCUT2D eigenvalue weighted by Crippen LogP contribution is 2.25. The molecule has 0 aromatic heterocycles. The van der Waals surface area contributed by atoms with Gasteiger partial charge in [-0.1, -0.05) is 28.1 Å². The first kappa shape index (κ1) is 16.6. The van der Waals surface area contributed by atoms with E-state index in [1.807, 2.05) is 25.1 Å². The second-order valence-electron chi connectivity index (χ2n) is 4.02. The van der Waals surface area contributed by atoms with Gasteiger partial charge in [0.1, 0.15) is 5.75 Å². The summed E-state index contributed by atoms with van der Waals surface area (Å²) in [6.07, 6.45) is 3.07. The second kappa shape index (κ2) is 8.64. The fourth-order valence-electron chi connectivity index (χ4n) is 1.55. The smallest absolute Gasteiger partial charge is 0.310 e. The summed E-state index contributed by atoms with van der Waals surface area (Å²) in [5, 5.41) is 0. The van der Waals surface area contributed by atoms with E-state index < -0.39 is 6.29 Å². The van der Waals surface area contributed by atoms with Crippen molar-refractivity contribution in [2.45, 2.75) is 33.5 Å². The lowest BCUT2D eigenvalue weighted by Crippen LogP contribution is -2.15. The number of allylic oxidation sites excluding steroid dienone is 1. The van der Waals surface area contributed by atoms with Crippen LogP contribution < -0.4 is 4.74 Å². The molecule has 0 heterocycles. The largest absolute Gasteiger partial charge is 0.466 e. The maximum absolute atomic E-state index is 11.6. The van der Waals surface area contributed by atoms with Crippen molar-refractivity contribution in [3.63, 3.8) is 0 Å². The van der Waals surface area contributed by atoms with E-state index in [-0.39, 0.29) is 12.4 Å². The highest BCUT2D eigenvalue weighted by atomic mass is 79.9. The van der Waals surface area contributed by atoms with E-state index >= 15 is 0 Å². The van der Waals surface area contributed by atoms with Crippen molar-refractivity contribution in [1.29, 1.82) is 0 Å². The minimum absolute atomic E-state index is 0.173. The number of carbonyl (C=O) groups is 1. The molecule has 1 aromatic rings. The minimum Gasteiger partial charge on any atom is -0.466 e. The lowest BCUT2D eigenvalue weighted by Gasteiger charge is -2.17. The van der Waals surface area contributed by atoms with Crippen LogP contribution in [0.1, 0.15) is 26.3 Å². The van der Waals surface area contributed by atoms with E-state index in [0.717, 1.165) is 10.0 Å². The van der Waals surface area contributed by atoms with E-state index in [4.69, 9.17) is 14.2 Å². The van der Waals surface area contributed by atoms with Crippen LogP contribution in [0.15, 0.2) is 35.0 Å². The summed E-state index contributed by atoms with van der Waals surface area (Å²) in [5.74, 6) is 0.325. The molecule has 0 aliphatic rings. The molecule has 1 rings (SSSR count). The van der Waals surface area contributed by atoms with E-state index in [0.29, 0.717) is 12.4 Å². The molecule has 0 radical (unpaired) electrons. The van der Waals surface area contributed by atoms with Crippen LogP contribution in [0.5, 0.6) is 5.75 Å². The second-order valence-corrected chi connectivity index (χ2v) is 4.94. The lowest BCUT2D eigenvalue weighted by molar-refractivity contribution is -0.142. The predicted octanol–water partition coefficient (Wildman–Crippen LogP) is 3.83. The summed E-state index contributed by atoms with van der Waals surface area (Å²) in [6, 6.07) is 5.50. The van der Waals surface area contributed by atoms with Gasteiger partial charge in [-0.2, -0.15) is 0 Å². The molecule has 4 nitrogen and oxygen atoms in total. The van der Waals surface area contributed by atoms with Crippen LogP contribution in [0.25, 0.3) is 0 Å². The summed E-state index contributed by atoms with van der Waals surface area (Å²) in [6.45, 7) is 5.79. The Labute approximate surface area is 127 Å². The Bertz CT molecular complexity index is 471. The molecule has 0 spiro atoms. The van der Waals surface area contributed by atoms with Crippen molar-refractivity contribution in [2.24, 2.45) is 0 Å². The van der Waals surface area contributed by atoms with Gasteiger partial charge in [-0.05, 0) is 26.0 Å². The molecular formula is C15H19BrO4. The van der Waals surface area contributed by atoms with Crippen molar-refractivity contribution in [2.75, 3.05) is 6.61 Å². The first-order valence-electron chi connectivity index (χ1n) is 6.44. The summed E-state index contributed by atoms with van der Waals surface area (Å²) in [7, 11) is 0. The Balaban J connectivity index is 2.81. The Morgan fingerprint density at radius 2 is 2.20 bits per heavy atom. The molecule has 1 unspecified atom stereocenters. The molecule has 1 atom stereocenters. The van der Waals surface area contributed by atoms with Crippen molar-refractivity contribution in [3.05, 3.63) is 40.6 Å². The number of rotatable bonds is 7. The minimum atomic E-state index is -0.443. The average Bonchev–Trinajstić information content (AvgIpc) is 2.40. The molecule has 0 aliphatic heterocycles. The number of carbonyl (C=O) groups excluding carboxylic acids is 1. The topological polar surface area (TPSA) is 44.8 Å². The first-order valence-corrected chi connectivity index (χ1v) is 7.23. The van der Waals surface area contributed by atoms with Crippen LogP contribution in [-0.4, -0.2) is 18.9 Å². The lowest BCUT2D eigenvalue weighted by atomic mass is 10.1. The third kappa shape index (κ3) is 5.65. The van der Waals surface area contributed by atoms with E-state index in [1.54, 1.807) is 26.2 Å². The van der Waals surface area contributed by atoms with Gasteiger partial charge in [-0.3, -0.25) is 4.79 Å². The molecule has 0 saturated heterocycles. The molecule has 0 aliphatic carbocycles. The quantitative estimate of drug-likeness (QED) is 0.429.